The first-order chi connectivity index (χ1) is 15.7. The van der Waals surface area contributed by atoms with E-state index in [-0.39, 0.29) is 5.56 Å². The average Bonchev–Trinajstić information content (AvgIpc) is 2.85. The first kappa shape index (κ1) is 21.8. The Morgan fingerprint density at radius 1 is 0.719 bits per heavy atom. The Morgan fingerprint density at radius 3 is 2.06 bits per heavy atom. The predicted molar refractivity (Wildman–Crippen MR) is 132 cm³/mol. The number of benzene rings is 3. The fourth-order valence-electron chi connectivity index (χ4n) is 4.00. The van der Waals surface area contributed by atoms with Gasteiger partial charge in [0.15, 0.2) is 0 Å². The van der Waals surface area contributed by atoms with Crippen LogP contribution in [0.5, 0.6) is 0 Å². The van der Waals surface area contributed by atoms with Crippen LogP contribution < -0.4 is 5.56 Å². The van der Waals surface area contributed by atoms with Gasteiger partial charge in [-0.2, -0.15) is 0 Å². The van der Waals surface area contributed by atoms with E-state index < -0.39 is 0 Å². The Bertz CT molecular complexity index is 1180. The Hall–Kier alpha value is -3.46. The molecule has 0 radical (unpaired) electrons. The molecular weight excluding hydrogens is 392 g/mol. The highest BCUT2D eigenvalue weighted by molar-refractivity contribution is 5.63. The summed E-state index contributed by atoms with van der Waals surface area (Å²) < 4.78 is 0. The van der Waals surface area contributed by atoms with Crippen LogP contribution >= 0.6 is 0 Å². The predicted octanol–water partition coefficient (Wildman–Crippen LogP) is 6.16. The van der Waals surface area contributed by atoms with E-state index in [9.17, 15) is 4.79 Å². The van der Waals surface area contributed by atoms with Gasteiger partial charge in [0.05, 0.1) is 5.69 Å². The van der Waals surface area contributed by atoms with Crippen LogP contribution in [0.3, 0.4) is 0 Å². The Labute approximate surface area is 190 Å². The Balaban J connectivity index is 1.54. The van der Waals surface area contributed by atoms with Gasteiger partial charge in [-0.15, -0.1) is 0 Å². The number of hydrogen-bond acceptors (Lipinski definition) is 2. The third-order valence-electron chi connectivity index (χ3n) is 5.85. The van der Waals surface area contributed by atoms with Gasteiger partial charge >= 0.3 is 0 Å². The van der Waals surface area contributed by atoms with Gasteiger partial charge in [0.1, 0.15) is 5.82 Å². The zero-order valence-corrected chi connectivity index (χ0v) is 18.7. The van der Waals surface area contributed by atoms with Crippen molar-refractivity contribution in [2.24, 2.45) is 0 Å². The van der Waals surface area contributed by atoms with E-state index in [0.717, 1.165) is 54.7 Å². The number of nitrogens with zero attached hydrogens (tertiary/aromatic N) is 1. The second kappa shape index (κ2) is 10.7. The summed E-state index contributed by atoms with van der Waals surface area (Å²) in [6.07, 6.45) is 5.18. The van der Waals surface area contributed by atoms with Crippen molar-refractivity contribution in [2.45, 2.75) is 45.4 Å². The molecule has 0 saturated heterocycles. The van der Waals surface area contributed by atoms with E-state index in [4.69, 9.17) is 4.98 Å². The number of H-pyrrole nitrogens is 1. The van der Waals surface area contributed by atoms with E-state index in [1.807, 2.05) is 36.4 Å². The lowest BCUT2D eigenvalue weighted by molar-refractivity contribution is 0.736. The van der Waals surface area contributed by atoms with Crippen molar-refractivity contribution < 1.29 is 0 Å². The van der Waals surface area contributed by atoms with Crippen molar-refractivity contribution in [3.05, 3.63) is 123 Å². The molecule has 3 heteroatoms. The SMILES string of the molecule is CCCCc1nc(CCc2ccccc2)[nH]c(=O)c1Cc1ccc(-c2ccccc2)cc1. The summed E-state index contributed by atoms with van der Waals surface area (Å²) in [6.45, 7) is 2.17. The van der Waals surface area contributed by atoms with Gasteiger partial charge < -0.3 is 4.98 Å². The molecule has 1 heterocycles. The van der Waals surface area contributed by atoms with Gasteiger partial charge in [0.2, 0.25) is 0 Å². The van der Waals surface area contributed by atoms with E-state index >= 15 is 0 Å². The van der Waals surface area contributed by atoms with E-state index in [1.165, 1.54) is 16.7 Å². The quantitative estimate of drug-likeness (QED) is 0.351. The smallest absolute Gasteiger partial charge is 0.254 e. The van der Waals surface area contributed by atoms with E-state index in [0.29, 0.717) is 6.42 Å². The number of aromatic amines is 1. The highest BCUT2D eigenvalue weighted by Gasteiger charge is 2.13. The molecule has 1 aromatic heterocycles. The molecule has 0 amide bonds. The number of aromatic nitrogens is 2. The first-order valence-corrected chi connectivity index (χ1v) is 11.5. The topological polar surface area (TPSA) is 45.8 Å². The lowest BCUT2D eigenvalue weighted by atomic mass is 9.98. The molecule has 0 aliphatic carbocycles. The van der Waals surface area contributed by atoms with E-state index in [2.05, 4.69) is 60.4 Å². The Morgan fingerprint density at radius 2 is 1.38 bits per heavy atom. The Kier molecular flexibility index (Phi) is 7.29. The molecule has 0 spiro atoms. The minimum Gasteiger partial charge on any atom is -0.310 e. The lowest BCUT2D eigenvalue weighted by Gasteiger charge is -2.11. The first-order valence-electron chi connectivity index (χ1n) is 11.5. The van der Waals surface area contributed by atoms with Crippen LogP contribution in [0, 0.1) is 0 Å². The van der Waals surface area contributed by atoms with Crippen LogP contribution in [0.25, 0.3) is 11.1 Å². The summed E-state index contributed by atoms with van der Waals surface area (Å²) in [6, 6.07) is 29.2. The molecule has 4 aromatic rings. The molecule has 4 rings (SSSR count). The van der Waals surface area contributed by atoms with Crippen LogP contribution in [0.2, 0.25) is 0 Å². The van der Waals surface area contributed by atoms with Crippen LogP contribution in [0.15, 0.2) is 89.7 Å². The minimum absolute atomic E-state index is 0.00120. The van der Waals surface area contributed by atoms with Gasteiger partial charge in [-0.05, 0) is 41.5 Å². The summed E-state index contributed by atoms with van der Waals surface area (Å²) in [5, 5.41) is 0. The van der Waals surface area contributed by atoms with Crippen molar-refractivity contribution in [2.75, 3.05) is 0 Å². The largest absolute Gasteiger partial charge is 0.310 e. The van der Waals surface area contributed by atoms with Crippen LogP contribution in [-0.4, -0.2) is 9.97 Å². The molecule has 0 fully saturated rings. The number of nitrogens with one attached hydrogen (secondary N) is 1. The number of unbranched alkanes of at least 4 members (excludes halogenated alkanes) is 1. The summed E-state index contributed by atoms with van der Waals surface area (Å²) in [5.41, 5.74) is 6.52. The molecule has 162 valence electrons. The van der Waals surface area contributed by atoms with Gasteiger partial charge in [-0.1, -0.05) is 98.3 Å². The van der Waals surface area contributed by atoms with Crippen molar-refractivity contribution in [1.82, 2.24) is 9.97 Å². The fourth-order valence-corrected chi connectivity index (χ4v) is 4.00. The zero-order valence-electron chi connectivity index (χ0n) is 18.7. The van der Waals surface area contributed by atoms with Crippen LogP contribution in [0.1, 0.15) is 48.0 Å². The van der Waals surface area contributed by atoms with Crippen LogP contribution in [-0.2, 0) is 25.7 Å². The summed E-state index contributed by atoms with van der Waals surface area (Å²) in [5.74, 6) is 0.785. The molecule has 0 atom stereocenters. The molecule has 0 bridgehead atoms. The highest BCUT2D eigenvalue weighted by atomic mass is 16.1. The second-order valence-corrected chi connectivity index (χ2v) is 8.27. The molecule has 0 saturated carbocycles. The van der Waals surface area contributed by atoms with Gasteiger partial charge in [-0.3, -0.25) is 4.79 Å². The molecule has 0 unspecified atom stereocenters. The molecular formula is C29H30N2O. The maximum Gasteiger partial charge on any atom is 0.254 e. The van der Waals surface area contributed by atoms with Crippen molar-refractivity contribution >= 4 is 0 Å². The second-order valence-electron chi connectivity index (χ2n) is 8.27. The highest BCUT2D eigenvalue weighted by Crippen LogP contribution is 2.21. The molecule has 1 N–H and O–H groups in total. The standard InChI is InChI=1S/C29H30N2O/c1-2-3-14-27-26(21-23-15-18-25(19-16-23)24-12-8-5-9-13-24)29(32)31-28(30-27)20-17-22-10-6-4-7-11-22/h4-13,15-16,18-19H,2-3,14,17,20-21H2,1H3,(H,30,31,32). The molecule has 0 aliphatic heterocycles. The third kappa shape index (κ3) is 5.61. The number of hydrogen-bond donors (Lipinski definition) is 1. The molecule has 3 aromatic carbocycles. The summed E-state index contributed by atoms with van der Waals surface area (Å²) in [4.78, 5) is 21.0. The van der Waals surface area contributed by atoms with Gasteiger partial charge in [0, 0.05) is 18.4 Å². The maximum atomic E-state index is 13.0. The van der Waals surface area contributed by atoms with Gasteiger partial charge in [0.25, 0.3) is 5.56 Å². The number of rotatable bonds is 9. The number of aryl methyl sites for hydroxylation is 3. The summed E-state index contributed by atoms with van der Waals surface area (Å²) >= 11 is 0. The van der Waals surface area contributed by atoms with Crippen molar-refractivity contribution in [3.8, 4) is 11.1 Å². The van der Waals surface area contributed by atoms with Crippen LogP contribution in [0.4, 0.5) is 0 Å². The van der Waals surface area contributed by atoms with E-state index in [1.54, 1.807) is 0 Å². The summed E-state index contributed by atoms with van der Waals surface area (Å²) in [7, 11) is 0. The van der Waals surface area contributed by atoms with Gasteiger partial charge in [-0.25, -0.2) is 4.98 Å². The molecule has 32 heavy (non-hydrogen) atoms. The normalized spacial score (nSPS) is 10.9. The molecule has 3 nitrogen and oxygen atoms in total. The van der Waals surface area contributed by atoms with Crippen molar-refractivity contribution in [1.29, 1.82) is 0 Å². The minimum atomic E-state index is 0.00120. The third-order valence-corrected chi connectivity index (χ3v) is 5.85. The maximum absolute atomic E-state index is 13.0. The zero-order chi connectivity index (χ0) is 22.2. The average molecular weight is 423 g/mol. The monoisotopic (exact) mass is 422 g/mol. The molecule has 0 aliphatic rings. The lowest BCUT2D eigenvalue weighted by Crippen LogP contribution is -2.21. The van der Waals surface area contributed by atoms with Crippen molar-refractivity contribution in [3.63, 3.8) is 0 Å². The fraction of sp³-hybridized carbons (Fsp3) is 0.241.